The van der Waals surface area contributed by atoms with Crippen LogP contribution in [0.2, 0.25) is 0 Å². The van der Waals surface area contributed by atoms with E-state index in [0.717, 1.165) is 31.5 Å². The Morgan fingerprint density at radius 1 is 1.00 bits per heavy atom. The summed E-state index contributed by atoms with van der Waals surface area (Å²) < 4.78 is 10.5. The molecule has 0 radical (unpaired) electrons. The van der Waals surface area contributed by atoms with E-state index in [2.05, 4.69) is 5.32 Å². The third-order valence-corrected chi connectivity index (χ3v) is 4.95. The van der Waals surface area contributed by atoms with Crippen LogP contribution in [0.25, 0.3) is 0 Å². The van der Waals surface area contributed by atoms with Crippen molar-refractivity contribution in [3.05, 3.63) is 59.7 Å². The minimum absolute atomic E-state index is 0.0322. The van der Waals surface area contributed by atoms with Crippen LogP contribution in [0.5, 0.6) is 11.5 Å². The molecule has 0 aromatic heterocycles. The van der Waals surface area contributed by atoms with Gasteiger partial charge in [0.05, 0.1) is 14.2 Å². The number of carbonyl (C=O) groups excluding carboxylic acids is 2. The van der Waals surface area contributed by atoms with Gasteiger partial charge in [0.1, 0.15) is 6.04 Å². The normalized spacial score (nSPS) is 14.4. The molecule has 1 atom stereocenters. The number of nitrogens with zero attached hydrogens (tertiary/aromatic N) is 1. The van der Waals surface area contributed by atoms with Crippen molar-refractivity contribution in [2.75, 3.05) is 27.3 Å². The van der Waals surface area contributed by atoms with Gasteiger partial charge >= 0.3 is 0 Å². The maximum atomic E-state index is 13.0. The zero-order valence-electron chi connectivity index (χ0n) is 16.3. The Bertz CT molecular complexity index is 817. The van der Waals surface area contributed by atoms with Crippen molar-refractivity contribution in [1.82, 2.24) is 10.2 Å². The second kappa shape index (κ2) is 9.26. The Morgan fingerprint density at radius 3 is 2.32 bits per heavy atom. The first-order valence-corrected chi connectivity index (χ1v) is 9.48. The molecule has 0 unspecified atom stereocenters. The average molecular weight is 382 g/mol. The highest BCUT2D eigenvalue weighted by molar-refractivity contribution is 5.98. The minimum Gasteiger partial charge on any atom is -0.493 e. The van der Waals surface area contributed by atoms with Crippen LogP contribution >= 0.6 is 0 Å². The van der Waals surface area contributed by atoms with Gasteiger partial charge in [0, 0.05) is 25.1 Å². The third-order valence-electron chi connectivity index (χ3n) is 4.95. The van der Waals surface area contributed by atoms with Gasteiger partial charge < -0.3 is 19.7 Å². The first kappa shape index (κ1) is 19.7. The van der Waals surface area contributed by atoms with E-state index < -0.39 is 6.04 Å². The molecule has 148 valence electrons. The fraction of sp³-hybridized carbons (Fsp3) is 0.364. The predicted octanol–water partition coefficient (Wildman–Crippen LogP) is 2.67. The van der Waals surface area contributed by atoms with Gasteiger partial charge in [0.2, 0.25) is 5.91 Å². The summed E-state index contributed by atoms with van der Waals surface area (Å²) in [5.74, 6) is 0.679. The van der Waals surface area contributed by atoms with E-state index in [0.29, 0.717) is 23.5 Å². The van der Waals surface area contributed by atoms with Gasteiger partial charge in [0.25, 0.3) is 5.91 Å². The molecule has 2 aromatic carbocycles. The summed E-state index contributed by atoms with van der Waals surface area (Å²) in [6, 6.07) is 14.1. The van der Waals surface area contributed by atoms with E-state index in [1.807, 2.05) is 35.2 Å². The second-order valence-electron chi connectivity index (χ2n) is 6.82. The molecule has 1 fully saturated rings. The van der Waals surface area contributed by atoms with Gasteiger partial charge in [-0.05, 0) is 36.6 Å². The fourth-order valence-corrected chi connectivity index (χ4v) is 3.43. The highest BCUT2D eigenvalue weighted by Crippen LogP contribution is 2.27. The van der Waals surface area contributed by atoms with Crippen molar-refractivity contribution in [3.63, 3.8) is 0 Å². The molecule has 28 heavy (non-hydrogen) atoms. The standard InChI is InChI=1S/C22H26N2O4/c1-27-19-11-10-17(15-20(19)28-2)21(25)23-18(14-16-8-4-3-5-9-16)22(26)24-12-6-7-13-24/h3-5,8-11,15,18H,6-7,12-14H2,1-2H3,(H,23,25)/t18-/m0/s1. The van der Waals surface area contributed by atoms with Crippen molar-refractivity contribution >= 4 is 11.8 Å². The van der Waals surface area contributed by atoms with Gasteiger partial charge in [0.15, 0.2) is 11.5 Å². The molecule has 2 aromatic rings. The third kappa shape index (κ3) is 4.63. The number of nitrogens with one attached hydrogen (secondary N) is 1. The summed E-state index contributed by atoms with van der Waals surface area (Å²) in [6.07, 6.45) is 2.47. The lowest BCUT2D eigenvalue weighted by Gasteiger charge is -2.24. The minimum atomic E-state index is -0.610. The van der Waals surface area contributed by atoms with Crippen molar-refractivity contribution in [1.29, 1.82) is 0 Å². The van der Waals surface area contributed by atoms with Crippen LogP contribution < -0.4 is 14.8 Å². The average Bonchev–Trinajstić information content (AvgIpc) is 3.27. The largest absolute Gasteiger partial charge is 0.493 e. The molecule has 0 spiro atoms. The number of hydrogen-bond donors (Lipinski definition) is 1. The number of likely N-dealkylation sites (tertiary alicyclic amines) is 1. The number of ether oxygens (including phenoxy) is 2. The van der Waals surface area contributed by atoms with E-state index >= 15 is 0 Å². The summed E-state index contributed by atoms with van der Waals surface area (Å²) >= 11 is 0. The maximum absolute atomic E-state index is 13.0. The Hall–Kier alpha value is -3.02. The zero-order chi connectivity index (χ0) is 19.9. The molecule has 0 saturated carbocycles. The number of methoxy groups -OCH3 is 2. The number of rotatable bonds is 7. The smallest absolute Gasteiger partial charge is 0.252 e. The number of carbonyl (C=O) groups is 2. The Kier molecular flexibility index (Phi) is 6.53. The first-order valence-electron chi connectivity index (χ1n) is 9.48. The summed E-state index contributed by atoms with van der Waals surface area (Å²) in [6.45, 7) is 1.49. The van der Waals surface area contributed by atoms with Crippen molar-refractivity contribution in [2.24, 2.45) is 0 Å². The van der Waals surface area contributed by atoms with Crippen LogP contribution in [0.1, 0.15) is 28.8 Å². The van der Waals surface area contributed by atoms with E-state index in [1.165, 1.54) is 7.11 Å². The van der Waals surface area contributed by atoms with Crippen molar-refractivity contribution < 1.29 is 19.1 Å². The molecule has 0 aliphatic carbocycles. The molecular formula is C22H26N2O4. The molecule has 0 bridgehead atoms. The molecule has 1 N–H and O–H groups in total. The second-order valence-corrected chi connectivity index (χ2v) is 6.82. The highest BCUT2D eigenvalue weighted by Gasteiger charge is 2.28. The molecule has 1 saturated heterocycles. The molecule has 1 aliphatic rings. The van der Waals surface area contributed by atoms with E-state index in [-0.39, 0.29) is 11.8 Å². The number of hydrogen-bond acceptors (Lipinski definition) is 4. The lowest BCUT2D eigenvalue weighted by atomic mass is 10.0. The van der Waals surface area contributed by atoms with Crippen molar-refractivity contribution in [2.45, 2.75) is 25.3 Å². The van der Waals surface area contributed by atoms with Gasteiger partial charge in [-0.15, -0.1) is 0 Å². The van der Waals surface area contributed by atoms with Gasteiger partial charge in [-0.2, -0.15) is 0 Å². The molecular weight excluding hydrogens is 356 g/mol. The lowest BCUT2D eigenvalue weighted by Crippen LogP contribution is -2.49. The van der Waals surface area contributed by atoms with Crippen LogP contribution in [-0.4, -0.2) is 50.1 Å². The Morgan fingerprint density at radius 2 is 1.68 bits per heavy atom. The van der Waals surface area contributed by atoms with Crippen LogP contribution in [0.3, 0.4) is 0 Å². The molecule has 1 heterocycles. The SMILES string of the molecule is COc1ccc(C(=O)N[C@@H](Cc2ccccc2)C(=O)N2CCCC2)cc1OC. The van der Waals surface area contributed by atoms with E-state index in [4.69, 9.17) is 9.47 Å². The highest BCUT2D eigenvalue weighted by atomic mass is 16.5. The predicted molar refractivity (Wildman–Crippen MR) is 107 cm³/mol. The Labute approximate surface area is 165 Å². The topological polar surface area (TPSA) is 67.9 Å². The quantitative estimate of drug-likeness (QED) is 0.799. The molecule has 6 heteroatoms. The van der Waals surface area contributed by atoms with Gasteiger partial charge in [-0.25, -0.2) is 0 Å². The monoisotopic (exact) mass is 382 g/mol. The van der Waals surface area contributed by atoms with Crippen molar-refractivity contribution in [3.8, 4) is 11.5 Å². The molecule has 6 nitrogen and oxygen atoms in total. The fourth-order valence-electron chi connectivity index (χ4n) is 3.43. The van der Waals surface area contributed by atoms with Crippen LogP contribution in [0, 0.1) is 0 Å². The van der Waals surface area contributed by atoms with Crippen LogP contribution in [-0.2, 0) is 11.2 Å². The summed E-state index contributed by atoms with van der Waals surface area (Å²) in [5.41, 5.74) is 1.43. The van der Waals surface area contributed by atoms with Crippen LogP contribution in [0.4, 0.5) is 0 Å². The molecule has 1 aliphatic heterocycles. The summed E-state index contributed by atoms with van der Waals surface area (Å²) in [7, 11) is 3.07. The van der Waals surface area contributed by atoms with Crippen LogP contribution in [0.15, 0.2) is 48.5 Å². The van der Waals surface area contributed by atoms with E-state index in [9.17, 15) is 9.59 Å². The maximum Gasteiger partial charge on any atom is 0.252 e. The zero-order valence-corrected chi connectivity index (χ0v) is 16.3. The molecule has 3 rings (SSSR count). The summed E-state index contributed by atoms with van der Waals surface area (Å²) in [5, 5.41) is 2.92. The number of amides is 2. The lowest BCUT2D eigenvalue weighted by molar-refractivity contribution is -0.132. The molecule has 2 amide bonds. The number of benzene rings is 2. The van der Waals surface area contributed by atoms with Gasteiger partial charge in [-0.1, -0.05) is 30.3 Å². The summed E-state index contributed by atoms with van der Waals surface area (Å²) in [4.78, 5) is 27.7. The van der Waals surface area contributed by atoms with E-state index in [1.54, 1.807) is 25.3 Å². The Balaban J connectivity index is 1.79. The van der Waals surface area contributed by atoms with Gasteiger partial charge in [-0.3, -0.25) is 9.59 Å². The first-order chi connectivity index (χ1) is 13.6.